The van der Waals surface area contributed by atoms with E-state index in [9.17, 15) is 4.79 Å². The monoisotopic (exact) mass is 232 g/mol. The number of carboxylic acid groups (broad SMARTS) is 1. The third-order valence-corrected chi connectivity index (χ3v) is 2.38. The van der Waals surface area contributed by atoms with Gasteiger partial charge in [-0.05, 0) is 19.9 Å². The van der Waals surface area contributed by atoms with E-state index in [1.165, 1.54) is 10.9 Å². The summed E-state index contributed by atoms with van der Waals surface area (Å²) in [6.07, 6.45) is 1.50. The minimum Gasteiger partial charge on any atom is -0.477 e. The van der Waals surface area contributed by atoms with Gasteiger partial charge in [0.25, 0.3) is 0 Å². The predicted octanol–water partition coefficient (Wildman–Crippen LogP) is 1.19. The molecule has 0 fully saturated rings. The van der Waals surface area contributed by atoms with Crippen LogP contribution in [0, 0.1) is 13.8 Å². The van der Waals surface area contributed by atoms with E-state index in [4.69, 9.17) is 5.11 Å². The zero-order chi connectivity index (χ0) is 12.6. The Morgan fingerprint density at radius 2 is 2.06 bits per heavy atom. The van der Waals surface area contributed by atoms with E-state index in [1.54, 1.807) is 20.0 Å². The molecule has 1 N–H and O–H groups in total. The van der Waals surface area contributed by atoms with Gasteiger partial charge >= 0.3 is 5.97 Å². The minimum absolute atomic E-state index is 0.127. The van der Waals surface area contributed by atoms with Gasteiger partial charge in [-0.25, -0.2) is 14.8 Å². The highest BCUT2D eigenvalue weighted by molar-refractivity contribution is 5.93. The fraction of sp³-hybridized carbons (Fsp3) is 0.273. The maximum absolute atomic E-state index is 11.1. The van der Waals surface area contributed by atoms with Crippen LogP contribution in [0.3, 0.4) is 0 Å². The summed E-state index contributed by atoms with van der Waals surface area (Å²) in [5.41, 5.74) is 2.02. The number of aromatic nitrogens is 4. The molecule has 0 amide bonds. The summed E-state index contributed by atoms with van der Waals surface area (Å²) < 4.78 is 1.32. The third kappa shape index (κ3) is 2.01. The van der Waals surface area contributed by atoms with E-state index in [2.05, 4.69) is 15.1 Å². The Balaban J connectivity index is 2.64. The first-order valence-electron chi connectivity index (χ1n) is 5.07. The van der Waals surface area contributed by atoms with Crippen LogP contribution in [0.2, 0.25) is 0 Å². The second-order valence-corrected chi connectivity index (χ2v) is 3.78. The second kappa shape index (κ2) is 3.97. The van der Waals surface area contributed by atoms with Crippen LogP contribution in [0.25, 0.3) is 11.3 Å². The summed E-state index contributed by atoms with van der Waals surface area (Å²) in [6.45, 7) is 3.61. The number of hydrogen-bond acceptors (Lipinski definition) is 4. The summed E-state index contributed by atoms with van der Waals surface area (Å²) in [5, 5.41) is 13.1. The fourth-order valence-electron chi connectivity index (χ4n) is 1.73. The largest absolute Gasteiger partial charge is 0.477 e. The number of nitrogens with zero attached hydrogens (tertiary/aromatic N) is 4. The van der Waals surface area contributed by atoms with Crippen molar-refractivity contribution >= 4 is 5.97 Å². The van der Waals surface area contributed by atoms with Crippen molar-refractivity contribution in [2.45, 2.75) is 13.8 Å². The van der Waals surface area contributed by atoms with E-state index in [-0.39, 0.29) is 5.69 Å². The van der Waals surface area contributed by atoms with Crippen molar-refractivity contribution in [2.75, 3.05) is 0 Å². The highest BCUT2D eigenvalue weighted by Gasteiger charge is 2.18. The third-order valence-electron chi connectivity index (χ3n) is 2.38. The van der Waals surface area contributed by atoms with Gasteiger partial charge in [-0.3, -0.25) is 4.68 Å². The van der Waals surface area contributed by atoms with Crippen molar-refractivity contribution in [1.29, 1.82) is 0 Å². The van der Waals surface area contributed by atoms with Crippen molar-refractivity contribution < 1.29 is 9.90 Å². The van der Waals surface area contributed by atoms with E-state index in [0.717, 1.165) is 5.69 Å². The normalized spacial score (nSPS) is 10.5. The predicted molar refractivity (Wildman–Crippen MR) is 60.7 cm³/mol. The zero-order valence-corrected chi connectivity index (χ0v) is 9.80. The van der Waals surface area contributed by atoms with Crippen LogP contribution in [0.4, 0.5) is 0 Å². The van der Waals surface area contributed by atoms with Gasteiger partial charge < -0.3 is 5.11 Å². The van der Waals surface area contributed by atoms with Gasteiger partial charge in [0.1, 0.15) is 5.82 Å². The Kier molecular flexibility index (Phi) is 2.63. The average Bonchev–Trinajstić information content (AvgIpc) is 2.58. The first-order valence-corrected chi connectivity index (χ1v) is 5.07. The molecule has 0 aromatic carbocycles. The Morgan fingerprint density at radius 1 is 1.35 bits per heavy atom. The Morgan fingerprint density at radius 3 is 2.65 bits per heavy atom. The molecule has 88 valence electrons. The van der Waals surface area contributed by atoms with E-state index >= 15 is 0 Å². The lowest BCUT2D eigenvalue weighted by Crippen LogP contribution is -2.07. The first-order chi connectivity index (χ1) is 7.99. The van der Waals surface area contributed by atoms with Crippen LogP contribution in [0.1, 0.15) is 22.0 Å². The van der Waals surface area contributed by atoms with Crippen molar-refractivity contribution in [3.63, 3.8) is 0 Å². The minimum atomic E-state index is -1.02. The second-order valence-electron chi connectivity index (χ2n) is 3.78. The number of carboxylic acids is 1. The van der Waals surface area contributed by atoms with E-state index in [0.29, 0.717) is 17.1 Å². The standard InChI is InChI=1S/C11H12N4O2/c1-6-4-9(14-7(2)13-6)8-5-12-15(3)10(8)11(16)17/h4-5H,1-3H3,(H,16,17). The maximum atomic E-state index is 11.1. The molecule has 2 heterocycles. The zero-order valence-electron chi connectivity index (χ0n) is 9.80. The van der Waals surface area contributed by atoms with Gasteiger partial charge in [0, 0.05) is 12.7 Å². The van der Waals surface area contributed by atoms with Gasteiger partial charge in [-0.1, -0.05) is 0 Å². The topological polar surface area (TPSA) is 80.9 Å². The van der Waals surface area contributed by atoms with Gasteiger partial charge in [-0.2, -0.15) is 5.10 Å². The lowest BCUT2D eigenvalue weighted by atomic mass is 10.1. The molecule has 0 aliphatic rings. The number of hydrogen-bond donors (Lipinski definition) is 1. The smallest absolute Gasteiger partial charge is 0.354 e. The molecule has 0 atom stereocenters. The van der Waals surface area contributed by atoms with Gasteiger partial charge in [-0.15, -0.1) is 0 Å². The SMILES string of the molecule is Cc1cc(-c2cnn(C)c2C(=O)O)nc(C)n1. The van der Waals surface area contributed by atoms with E-state index < -0.39 is 5.97 Å². The van der Waals surface area contributed by atoms with Crippen LogP contribution in [0.5, 0.6) is 0 Å². The molecule has 2 aromatic heterocycles. The molecule has 6 heteroatoms. The molecular formula is C11H12N4O2. The molecule has 0 aliphatic heterocycles. The van der Waals surface area contributed by atoms with Crippen molar-refractivity contribution in [3.05, 3.63) is 29.5 Å². The number of aryl methyl sites for hydroxylation is 3. The van der Waals surface area contributed by atoms with Gasteiger partial charge in [0.05, 0.1) is 17.5 Å². The molecule has 0 bridgehead atoms. The molecular weight excluding hydrogens is 220 g/mol. The van der Waals surface area contributed by atoms with Crippen LogP contribution in [-0.2, 0) is 7.05 Å². The van der Waals surface area contributed by atoms with Gasteiger partial charge in [0.2, 0.25) is 0 Å². The van der Waals surface area contributed by atoms with Crippen molar-refractivity contribution in [2.24, 2.45) is 7.05 Å². The molecule has 0 aliphatic carbocycles. The molecule has 0 saturated heterocycles. The highest BCUT2D eigenvalue weighted by Crippen LogP contribution is 2.21. The fourth-order valence-corrected chi connectivity index (χ4v) is 1.73. The molecule has 6 nitrogen and oxygen atoms in total. The Bertz CT molecular complexity index is 569. The van der Waals surface area contributed by atoms with Crippen LogP contribution < -0.4 is 0 Å². The first kappa shape index (κ1) is 11.3. The van der Waals surface area contributed by atoms with Crippen LogP contribution in [-0.4, -0.2) is 30.8 Å². The van der Waals surface area contributed by atoms with E-state index in [1.807, 2.05) is 6.92 Å². The lowest BCUT2D eigenvalue weighted by Gasteiger charge is -2.03. The molecule has 0 spiro atoms. The molecule has 17 heavy (non-hydrogen) atoms. The summed E-state index contributed by atoms with van der Waals surface area (Å²) in [7, 11) is 1.59. The summed E-state index contributed by atoms with van der Waals surface area (Å²) in [5.74, 6) is -0.408. The maximum Gasteiger partial charge on any atom is 0.354 e. The molecule has 0 radical (unpaired) electrons. The lowest BCUT2D eigenvalue weighted by molar-refractivity contribution is 0.0686. The van der Waals surface area contributed by atoms with Gasteiger partial charge in [0.15, 0.2) is 5.69 Å². The quantitative estimate of drug-likeness (QED) is 0.841. The molecule has 2 aromatic rings. The van der Waals surface area contributed by atoms with Crippen molar-refractivity contribution in [1.82, 2.24) is 19.7 Å². The Hall–Kier alpha value is -2.24. The number of carbonyl (C=O) groups is 1. The number of aromatic carboxylic acids is 1. The van der Waals surface area contributed by atoms with Crippen molar-refractivity contribution in [3.8, 4) is 11.3 Å². The summed E-state index contributed by atoms with van der Waals surface area (Å²) in [6, 6.07) is 1.75. The molecule has 2 rings (SSSR count). The highest BCUT2D eigenvalue weighted by atomic mass is 16.4. The Labute approximate surface area is 98.0 Å². The van der Waals surface area contributed by atoms with Crippen LogP contribution in [0.15, 0.2) is 12.3 Å². The average molecular weight is 232 g/mol. The summed E-state index contributed by atoms with van der Waals surface area (Å²) >= 11 is 0. The summed E-state index contributed by atoms with van der Waals surface area (Å²) in [4.78, 5) is 19.5. The number of rotatable bonds is 2. The molecule has 0 saturated carbocycles. The molecule has 0 unspecified atom stereocenters. The van der Waals surface area contributed by atoms with Crippen LogP contribution >= 0.6 is 0 Å².